The molecule has 5 heteroatoms. The van der Waals surface area contributed by atoms with Crippen molar-refractivity contribution in [1.29, 1.82) is 0 Å². The molecule has 2 aromatic rings. The first kappa shape index (κ1) is 11.6. The van der Waals surface area contributed by atoms with E-state index in [1.54, 1.807) is 19.2 Å². The van der Waals surface area contributed by atoms with E-state index in [2.05, 4.69) is 10.3 Å². The van der Waals surface area contributed by atoms with Gasteiger partial charge in [-0.2, -0.15) is 4.98 Å². The maximum Gasteiger partial charge on any atom is 0.399 e. The van der Waals surface area contributed by atoms with E-state index in [0.717, 1.165) is 5.56 Å². The number of hydrogen-bond donors (Lipinski definition) is 1. The number of halogens is 1. The zero-order valence-electron chi connectivity index (χ0n) is 9.66. The summed E-state index contributed by atoms with van der Waals surface area (Å²) in [5, 5.41) is 2.93. The molecule has 0 saturated carbocycles. The molecule has 0 aliphatic carbocycles. The van der Waals surface area contributed by atoms with Gasteiger partial charge in [-0.05, 0) is 31.7 Å². The molecule has 0 radical (unpaired) electrons. The molecule has 0 aliphatic heterocycles. The Morgan fingerprint density at radius 2 is 2.29 bits per heavy atom. The van der Waals surface area contributed by atoms with Crippen LogP contribution in [0, 0.1) is 12.7 Å². The number of ether oxygens (including phenoxy) is 1. The molecule has 0 bridgehead atoms. The third-order valence-corrected chi connectivity index (χ3v) is 2.17. The van der Waals surface area contributed by atoms with Gasteiger partial charge < -0.3 is 14.5 Å². The number of benzene rings is 1. The highest BCUT2D eigenvalue weighted by Crippen LogP contribution is 2.24. The Morgan fingerprint density at radius 1 is 1.47 bits per heavy atom. The van der Waals surface area contributed by atoms with E-state index < -0.39 is 5.82 Å². The second-order valence-electron chi connectivity index (χ2n) is 3.67. The Labute approximate surface area is 98.4 Å². The molecule has 0 spiro atoms. The summed E-state index contributed by atoms with van der Waals surface area (Å²) in [5.74, 6) is -0.327. The average Bonchev–Trinajstić information content (AvgIpc) is 2.72. The van der Waals surface area contributed by atoms with Gasteiger partial charge in [0.1, 0.15) is 6.26 Å². The van der Waals surface area contributed by atoms with Crippen LogP contribution < -0.4 is 10.1 Å². The van der Waals surface area contributed by atoms with Crippen LogP contribution in [-0.4, -0.2) is 12.0 Å². The first-order valence-electron chi connectivity index (χ1n) is 5.22. The van der Waals surface area contributed by atoms with Gasteiger partial charge >= 0.3 is 6.08 Å². The van der Waals surface area contributed by atoms with E-state index in [9.17, 15) is 4.39 Å². The molecule has 0 aliphatic rings. The van der Waals surface area contributed by atoms with Gasteiger partial charge in [-0.1, -0.05) is 6.07 Å². The minimum absolute atomic E-state index is 0.0414. The van der Waals surface area contributed by atoms with Crippen LogP contribution in [0.15, 0.2) is 28.9 Å². The third kappa shape index (κ3) is 2.82. The molecule has 1 aromatic heterocycles. The Kier molecular flexibility index (Phi) is 3.39. The Hall–Kier alpha value is -1.88. The lowest BCUT2D eigenvalue weighted by Gasteiger charge is -2.02. The SMILES string of the molecule is CNCc1coc(Oc2cc(C)ccc2F)n1. The Bertz CT molecular complexity index is 511. The van der Waals surface area contributed by atoms with Crippen LogP contribution in [0.25, 0.3) is 0 Å². The Balaban J connectivity index is 2.16. The zero-order valence-corrected chi connectivity index (χ0v) is 9.66. The van der Waals surface area contributed by atoms with Gasteiger partial charge in [0.15, 0.2) is 11.6 Å². The van der Waals surface area contributed by atoms with Gasteiger partial charge in [-0.3, -0.25) is 0 Å². The highest BCUT2D eigenvalue weighted by molar-refractivity contribution is 5.31. The highest BCUT2D eigenvalue weighted by Gasteiger charge is 2.09. The quantitative estimate of drug-likeness (QED) is 0.886. The zero-order chi connectivity index (χ0) is 12.3. The van der Waals surface area contributed by atoms with Gasteiger partial charge in [0.05, 0.1) is 5.69 Å². The standard InChI is InChI=1S/C12H13FN2O2/c1-8-3-4-10(13)11(5-8)17-12-15-9(6-14-2)7-16-12/h3-5,7,14H,6H2,1-2H3. The first-order valence-corrected chi connectivity index (χ1v) is 5.22. The molecular weight excluding hydrogens is 223 g/mol. The summed E-state index contributed by atoms with van der Waals surface area (Å²) in [7, 11) is 1.80. The molecule has 4 nitrogen and oxygen atoms in total. The molecule has 1 aromatic carbocycles. The topological polar surface area (TPSA) is 47.3 Å². The fourth-order valence-electron chi connectivity index (χ4n) is 1.38. The van der Waals surface area contributed by atoms with Crippen molar-refractivity contribution < 1.29 is 13.5 Å². The fourth-order valence-corrected chi connectivity index (χ4v) is 1.38. The van der Waals surface area contributed by atoms with E-state index in [0.29, 0.717) is 12.2 Å². The Morgan fingerprint density at radius 3 is 3.06 bits per heavy atom. The van der Waals surface area contributed by atoms with Crippen molar-refractivity contribution in [2.75, 3.05) is 7.05 Å². The molecule has 1 heterocycles. The molecule has 0 amide bonds. The number of oxazole rings is 1. The van der Waals surface area contributed by atoms with E-state index in [1.165, 1.54) is 12.3 Å². The average molecular weight is 236 g/mol. The summed E-state index contributed by atoms with van der Waals surface area (Å²) in [6.45, 7) is 2.43. The number of aromatic nitrogens is 1. The maximum absolute atomic E-state index is 13.4. The largest absolute Gasteiger partial charge is 0.417 e. The van der Waals surface area contributed by atoms with E-state index in [-0.39, 0.29) is 11.8 Å². The van der Waals surface area contributed by atoms with E-state index >= 15 is 0 Å². The van der Waals surface area contributed by atoms with Crippen LogP contribution in [-0.2, 0) is 6.54 Å². The molecule has 1 N–H and O–H groups in total. The van der Waals surface area contributed by atoms with Crippen LogP contribution in [0.5, 0.6) is 11.8 Å². The highest BCUT2D eigenvalue weighted by atomic mass is 19.1. The van der Waals surface area contributed by atoms with Gasteiger partial charge in [0.2, 0.25) is 0 Å². The lowest BCUT2D eigenvalue weighted by molar-refractivity contribution is 0.318. The monoisotopic (exact) mass is 236 g/mol. The third-order valence-electron chi connectivity index (χ3n) is 2.17. The van der Waals surface area contributed by atoms with Crippen molar-refractivity contribution in [2.45, 2.75) is 13.5 Å². The van der Waals surface area contributed by atoms with Gasteiger partial charge in [-0.15, -0.1) is 0 Å². The lowest BCUT2D eigenvalue weighted by atomic mass is 10.2. The minimum Gasteiger partial charge on any atom is -0.417 e. The van der Waals surface area contributed by atoms with Crippen molar-refractivity contribution in [3.8, 4) is 11.8 Å². The molecule has 0 atom stereocenters. The maximum atomic E-state index is 13.4. The molecule has 90 valence electrons. The van der Waals surface area contributed by atoms with Crippen molar-refractivity contribution in [2.24, 2.45) is 0 Å². The van der Waals surface area contributed by atoms with Crippen molar-refractivity contribution in [3.05, 3.63) is 41.5 Å². The second-order valence-corrected chi connectivity index (χ2v) is 3.67. The minimum atomic E-state index is -0.441. The van der Waals surface area contributed by atoms with Crippen LogP contribution in [0.4, 0.5) is 4.39 Å². The van der Waals surface area contributed by atoms with E-state index in [4.69, 9.17) is 9.15 Å². The normalized spacial score (nSPS) is 10.5. The predicted molar refractivity (Wildman–Crippen MR) is 60.5 cm³/mol. The van der Waals surface area contributed by atoms with Crippen molar-refractivity contribution in [1.82, 2.24) is 10.3 Å². The number of nitrogens with zero attached hydrogens (tertiary/aromatic N) is 1. The number of aryl methyl sites for hydroxylation is 1. The summed E-state index contributed by atoms with van der Waals surface area (Å²) in [6.07, 6.45) is 1.51. The molecule has 0 unspecified atom stereocenters. The molecular formula is C12H13FN2O2. The summed E-state index contributed by atoms with van der Waals surface area (Å²) in [6, 6.07) is 4.61. The number of rotatable bonds is 4. The molecule has 0 saturated heterocycles. The van der Waals surface area contributed by atoms with Gasteiger partial charge in [0.25, 0.3) is 0 Å². The van der Waals surface area contributed by atoms with Crippen LogP contribution >= 0.6 is 0 Å². The molecule has 17 heavy (non-hydrogen) atoms. The van der Waals surface area contributed by atoms with Crippen molar-refractivity contribution in [3.63, 3.8) is 0 Å². The fraction of sp³-hybridized carbons (Fsp3) is 0.250. The lowest BCUT2D eigenvalue weighted by Crippen LogP contribution is -2.04. The molecule has 0 fully saturated rings. The summed E-state index contributed by atoms with van der Waals surface area (Å²) in [5.41, 5.74) is 1.61. The van der Waals surface area contributed by atoms with Gasteiger partial charge in [-0.25, -0.2) is 4.39 Å². The van der Waals surface area contributed by atoms with Crippen LogP contribution in [0.2, 0.25) is 0 Å². The summed E-state index contributed by atoms with van der Waals surface area (Å²) < 4.78 is 23.7. The summed E-state index contributed by atoms with van der Waals surface area (Å²) in [4.78, 5) is 4.05. The van der Waals surface area contributed by atoms with Gasteiger partial charge in [0, 0.05) is 6.54 Å². The first-order chi connectivity index (χ1) is 8.19. The van der Waals surface area contributed by atoms with Crippen molar-refractivity contribution >= 4 is 0 Å². The van der Waals surface area contributed by atoms with E-state index in [1.807, 2.05) is 6.92 Å². The predicted octanol–water partition coefficient (Wildman–Crippen LogP) is 2.63. The summed E-state index contributed by atoms with van der Waals surface area (Å²) >= 11 is 0. The second kappa shape index (κ2) is 4.97. The number of hydrogen-bond acceptors (Lipinski definition) is 4. The van der Waals surface area contributed by atoms with Crippen LogP contribution in [0.1, 0.15) is 11.3 Å². The number of nitrogens with one attached hydrogen (secondary N) is 1. The van der Waals surface area contributed by atoms with Crippen LogP contribution in [0.3, 0.4) is 0 Å². The smallest absolute Gasteiger partial charge is 0.399 e. The molecule has 2 rings (SSSR count).